The summed E-state index contributed by atoms with van der Waals surface area (Å²) in [5.74, 6) is -1.34. The van der Waals surface area contributed by atoms with Crippen LogP contribution in [-0.2, 0) is 0 Å². The number of benzene rings is 1. The molecule has 0 saturated heterocycles. The smallest absolute Gasteiger partial charge is 0.286 e. The van der Waals surface area contributed by atoms with Gasteiger partial charge in [-0.15, -0.1) is 0 Å². The quantitative estimate of drug-likeness (QED) is 0.389. The van der Waals surface area contributed by atoms with Gasteiger partial charge in [0.05, 0.1) is 11.1 Å². The Bertz CT molecular complexity index is 1000. The molecule has 3 aromatic rings. The lowest BCUT2D eigenvalue weighted by molar-refractivity contribution is -0.385. The van der Waals surface area contributed by atoms with Crippen molar-refractivity contribution < 1.29 is 14.5 Å². The number of aromatic nitrogens is 2. The molecule has 0 unspecified atom stereocenters. The zero-order valence-corrected chi connectivity index (χ0v) is 11.0. The highest BCUT2D eigenvalue weighted by Gasteiger charge is 2.34. The Balaban J connectivity index is 2.12. The van der Waals surface area contributed by atoms with Crippen molar-refractivity contribution in [2.75, 3.05) is 0 Å². The van der Waals surface area contributed by atoms with E-state index in [1.165, 1.54) is 22.7 Å². The average Bonchev–Trinajstić information content (AvgIpc) is 2.91. The second kappa shape index (κ2) is 4.08. The van der Waals surface area contributed by atoms with Crippen molar-refractivity contribution in [2.45, 2.75) is 0 Å². The fraction of sp³-hybridized carbons (Fsp3) is 0. The van der Waals surface area contributed by atoms with Gasteiger partial charge in [-0.1, -0.05) is 24.3 Å². The van der Waals surface area contributed by atoms with Crippen LogP contribution < -0.4 is 0 Å². The molecule has 4 rings (SSSR count). The highest BCUT2D eigenvalue weighted by atomic mass is 16.6. The van der Waals surface area contributed by atoms with Gasteiger partial charge < -0.3 is 0 Å². The van der Waals surface area contributed by atoms with Crippen molar-refractivity contribution in [1.82, 2.24) is 9.38 Å². The van der Waals surface area contributed by atoms with Crippen LogP contribution in [0.2, 0.25) is 0 Å². The van der Waals surface area contributed by atoms with E-state index < -0.39 is 16.5 Å². The van der Waals surface area contributed by atoms with Gasteiger partial charge in [-0.05, 0) is 6.07 Å². The molecule has 1 aliphatic rings. The van der Waals surface area contributed by atoms with Gasteiger partial charge in [-0.2, -0.15) is 0 Å². The van der Waals surface area contributed by atoms with Crippen LogP contribution in [0.25, 0.3) is 16.9 Å². The third-order valence-electron chi connectivity index (χ3n) is 3.66. The minimum absolute atomic E-state index is 0.0717. The van der Waals surface area contributed by atoms with Crippen molar-refractivity contribution >= 4 is 22.9 Å². The predicted molar refractivity (Wildman–Crippen MR) is 75.9 cm³/mol. The fourth-order valence-corrected chi connectivity index (χ4v) is 2.66. The van der Waals surface area contributed by atoms with Crippen molar-refractivity contribution in [3.05, 3.63) is 64.0 Å². The molecule has 7 heteroatoms. The second-order valence-corrected chi connectivity index (χ2v) is 4.89. The largest absolute Gasteiger partial charge is 0.289 e. The number of carbonyl (C=O) groups excluding carboxylic acids is 2. The number of nitro groups is 1. The summed E-state index contributed by atoms with van der Waals surface area (Å²) in [5.41, 5.74) is 1.52. The van der Waals surface area contributed by atoms with Gasteiger partial charge in [0.2, 0.25) is 5.78 Å². The SMILES string of the molecule is O=C1C(=O)c2c(nc3ccc([N+](=O)[O-])cn23)-c2ccccc21. The summed E-state index contributed by atoms with van der Waals surface area (Å²) < 4.78 is 1.31. The molecule has 0 saturated carbocycles. The van der Waals surface area contributed by atoms with E-state index in [1.807, 2.05) is 0 Å². The van der Waals surface area contributed by atoms with Crippen LogP contribution in [0.15, 0.2) is 42.6 Å². The number of hydrogen-bond donors (Lipinski definition) is 0. The first-order valence-corrected chi connectivity index (χ1v) is 6.43. The number of hydrogen-bond acceptors (Lipinski definition) is 5. The van der Waals surface area contributed by atoms with E-state index in [1.54, 1.807) is 24.3 Å². The highest BCUT2D eigenvalue weighted by molar-refractivity contribution is 6.52. The van der Waals surface area contributed by atoms with Gasteiger partial charge in [-0.25, -0.2) is 4.98 Å². The predicted octanol–water partition coefficient (Wildman–Crippen LogP) is 2.29. The Hall–Kier alpha value is -3.35. The molecule has 1 aromatic carbocycles. The lowest BCUT2D eigenvalue weighted by Crippen LogP contribution is -2.22. The highest BCUT2D eigenvalue weighted by Crippen LogP contribution is 2.33. The number of Topliss-reactive ketones (excluding diaryl/α,β-unsaturated/α-hetero) is 2. The third-order valence-corrected chi connectivity index (χ3v) is 3.66. The van der Waals surface area contributed by atoms with Crippen molar-refractivity contribution in [3.8, 4) is 11.3 Å². The number of rotatable bonds is 1. The van der Waals surface area contributed by atoms with Gasteiger partial charge >= 0.3 is 0 Å². The molecule has 1 aliphatic carbocycles. The van der Waals surface area contributed by atoms with Gasteiger partial charge in [0.15, 0.2) is 0 Å². The molecule has 0 atom stereocenters. The first kappa shape index (κ1) is 12.4. The van der Waals surface area contributed by atoms with Crippen LogP contribution in [0.3, 0.4) is 0 Å². The van der Waals surface area contributed by atoms with E-state index in [0.29, 0.717) is 22.5 Å². The molecule has 0 radical (unpaired) electrons. The van der Waals surface area contributed by atoms with Crippen molar-refractivity contribution in [2.24, 2.45) is 0 Å². The Morgan fingerprint density at radius 3 is 2.45 bits per heavy atom. The lowest BCUT2D eigenvalue weighted by Gasteiger charge is -2.13. The van der Waals surface area contributed by atoms with E-state index in [-0.39, 0.29) is 11.4 Å². The summed E-state index contributed by atoms with van der Waals surface area (Å²) in [5, 5.41) is 10.9. The van der Waals surface area contributed by atoms with Crippen LogP contribution in [0.4, 0.5) is 5.69 Å². The molecule has 0 bridgehead atoms. The molecule has 0 amide bonds. The van der Waals surface area contributed by atoms with Crippen molar-refractivity contribution in [3.63, 3.8) is 0 Å². The van der Waals surface area contributed by atoms with E-state index in [0.717, 1.165) is 0 Å². The number of ketones is 2. The van der Waals surface area contributed by atoms with Crippen LogP contribution >= 0.6 is 0 Å². The van der Waals surface area contributed by atoms with Gasteiger partial charge in [0.25, 0.3) is 11.5 Å². The number of carbonyl (C=O) groups is 2. The number of pyridine rings is 1. The van der Waals surface area contributed by atoms with Gasteiger partial charge in [0.1, 0.15) is 17.0 Å². The van der Waals surface area contributed by atoms with E-state index >= 15 is 0 Å². The summed E-state index contributed by atoms with van der Waals surface area (Å²) in [6, 6.07) is 9.47. The third kappa shape index (κ3) is 1.47. The monoisotopic (exact) mass is 293 g/mol. The molecule has 22 heavy (non-hydrogen) atoms. The van der Waals surface area contributed by atoms with Crippen LogP contribution in [0, 0.1) is 10.1 Å². The van der Waals surface area contributed by atoms with Gasteiger partial charge in [-0.3, -0.25) is 24.1 Å². The van der Waals surface area contributed by atoms with E-state index in [9.17, 15) is 19.7 Å². The Morgan fingerprint density at radius 1 is 1.00 bits per heavy atom. The molecule has 106 valence electrons. The first-order valence-electron chi connectivity index (χ1n) is 6.43. The molecular formula is C15H7N3O4. The maximum absolute atomic E-state index is 12.4. The summed E-state index contributed by atoms with van der Waals surface area (Å²) in [4.78, 5) is 39.3. The summed E-state index contributed by atoms with van der Waals surface area (Å²) in [6.45, 7) is 0. The molecule has 0 spiro atoms. The normalized spacial score (nSPS) is 13.1. The maximum Gasteiger partial charge on any atom is 0.286 e. The average molecular weight is 293 g/mol. The molecule has 7 nitrogen and oxygen atoms in total. The summed E-state index contributed by atoms with van der Waals surface area (Å²) in [7, 11) is 0. The Labute approximate surface area is 123 Å². The standard InChI is InChI=1S/C15H7N3O4/c19-14-10-4-2-1-3-9(10)12-13(15(14)20)17-7-8(18(21)22)5-6-11(17)16-12/h1-7H. The zero-order valence-electron chi connectivity index (χ0n) is 11.0. The summed E-state index contributed by atoms with van der Waals surface area (Å²) >= 11 is 0. The molecule has 2 heterocycles. The number of nitrogens with zero attached hydrogens (tertiary/aromatic N) is 3. The topological polar surface area (TPSA) is 94.6 Å². The first-order chi connectivity index (χ1) is 10.6. The van der Waals surface area contributed by atoms with Crippen LogP contribution in [0.5, 0.6) is 0 Å². The number of imidazole rings is 1. The Morgan fingerprint density at radius 2 is 1.73 bits per heavy atom. The van der Waals surface area contributed by atoms with Crippen molar-refractivity contribution in [1.29, 1.82) is 0 Å². The van der Waals surface area contributed by atoms with Crippen LogP contribution in [-0.4, -0.2) is 25.9 Å². The van der Waals surface area contributed by atoms with Gasteiger partial charge in [0, 0.05) is 17.2 Å². The summed E-state index contributed by atoms with van der Waals surface area (Å²) in [6.07, 6.45) is 1.21. The number of fused-ring (bicyclic) bond motifs is 5. The molecule has 0 N–H and O–H groups in total. The molecule has 0 fully saturated rings. The minimum Gasteiger partial charge on any atom is -0.289 e. The molecule has 0 aliphatic heterocycles. The lowest BCUT2D eigenvalue weighted by atomic mass is 9.90. The zero-order chi connectivity index (χ0) is 15.4. The van der Waals surface area contributed by atoms with E-state index in [2.05, 4.69) is 4.98 Å². The minimum atomic E-state index is -0.707. The Kier molecular flexibility index (Phi) is 2.30. The maximum atomic E-state index is 12.4. The molecule has 2 aromatic heterocycles. The van der Waals surface area contributed by atoms with Crippen LogP contribution in [0.1, 0.15) is 20.8 Å². The van der Waals surface area contributed by atoms with E-state index in [4.69, 9.17) is 0 Å². The fourth-order valence-electron chi connectivity index (χ4n) is 2.66. The molecular weight excluding hydrogens is 286 g/mol. The second-order valence-electron chi connectivity index (χ2n) is 4.89.